The molecule has 1 N–H and O–H groups in total. The van der Waals surface area contributed by atoms with Gasteiger partial charge in [-0.1, -0.05) is 24.8 Å². The second-order valence-corrected chi connectivity index (χ2v) is 3.35. The lowest BCUT2D eigenvalue weighted by atomic mass is 10.0. The van der Waals surface area contributed by atoms with Gasteiger partial charge in [0.25, 0.3) is 0 Å². The number of ether oxygens (including phenoxy) is 2. The third-order valence-corrected chi connectivity index (χ3v) is 2.11. The number of aliphatic hydroxyl groups is 1. The molecule has 1 aliphatic carbocycles. The Bertz CT molecular complexity index is 266. The van der Waals surface area contributed by atoms with Crippen molar-refractivity contribution in [2.75, 3.05) is 6.61 Å². The van der Waals surface area contributed by atoms with Crippen LogP contribution in [0.1, 0.15) is 13.8 Å². The Hall–Kier alpha value is -0.900. The van der Waals surface area contributed by atoms with Crippen LogP contribution in [0.25, 0.3) is 0 Å². The van der Waals surface area contributed by atoms with Crippen molar-refractivity contribution in [1.29, 1.82) is 0 Å². The van der Waals surface area contributed by atoms with Crippen molar-refractivity contribution in [3.05, 3.63) is 36.5 Å². The first-order valence-corrected chi connectivity index (χ1v) is 5.15. The zero-order chi connectivity index (χ0) is 11.3. The lowest BCUT2D eigenvalue weighted by Gasteiger charge is -2.26. The summed E-state index contributed by atoms with van der Waals surface area (Å²) in [5.41, 5.74) is 0.983. The molecule has 15 heavy (non-hydrogen) atoms. The molecule has 3 unspecified atom stereocenters. The largest absolute Gasteiger partial charge is 0.371 e. The minimum absolute atomic E-state index is 0.131. The molecule has 0 spiro atoms. The predicted octanol–water partition coefficient (Wildman–Crippen LogP) is 1.80. The lowest BCUT2D eigenvalue weighted by Crippen LogP contribution is -2.33. The first kappa shape index (κ1) is 12.2. The standard InChI is InChI=1S/C12H18O3/c1-4-10-6-7-11(14-5-2)12(8-10)15-9(3)13/h4,6-9,11-13H,1,5H2,2-3H3. The van der Waals surface area contributed by atoms with Gasteiger partial charge in [0.1, 0.15) is 12.2 Å². The molecule has 0 saturated carbocycles. The third-order valence-electron chi connectivity index (χ3n) is 2.11. The molecule has 0 heterocycles. The maximum atomic E-state index is 9.19. The molecule has 1 aliphatic rings. The van der Waals surface area contributed by atoms with E-state index in [-0.39, 0.29) is 12.2 Å². The van der Waals surface area contributed by atoms with Gasteiger partial charge in [-0.05, 0) is 25.5 Å². The van der Waals surface area contributed by atoms with Crippen molar-refractivity contribution >= 4 is 0 Å². The summed E-state index contributed by atoms with van der Waals surface area (Å²) in [7, 11) is 0. The van der Waals surface area contributed by atoms with Crippen LogP contribution in [0.5, 0.6) is 0 Å². The second kappa shape index (κ2) is 5.85. The topological polar surface area (TPSA) is 38.7 Å². The van der Waals surface area contributed by atoms with Gasteiger partial charge >= 0.3 is 0 Å². The number of rotatable bonds is 5. The van der Waals surface area contributed by atoms with Crippen LogP contribution in [-0.2, 0) is 9.47 Å². The minimum atomic E-state index is -0.799. The Morgan fingerprint density at radius 3 is 2.87 bits per heavy atom. The van der Waals surface area contributed by atoms with Gasteiger partial charge < -0.3 is 14.6 Å². The van der Waals surface area contributed by atoms with Gasteiger partial charge in [-0.3, -0.25) is 0 Å². The van der Waals surface area contributed by atoms with Crippen LogP contribution in [-0.4, -0.2) is 30.2 Å². The van der Waals surface area contributed by atoms with Crippen molar-refractivity contribution in [1.82, 2.24) is 0 Å². The summed E-state index contributed by atoms with van der Waals surface area (Å²) < 4.78 is 10.8. The molecule has 0 aromatic rings. The molecule has 0 aliphatic heterocycles. The number of aliphatic hydroxyl groups excluding tert-OH is 1. The highest BCUT2D eigenvalue weighted by atomic mass is 16.6. The molecule has 3 atom stereocenters. The van der Waals surface area contributed by atoms with Crippen LogP contribution in [0.3, 0.4) is 0 Å². The van der Waals surface area contributed by atoms with E-state index in [1.165, 1.54) is 0 Å². The van der Waals surface area contributed by atoms with E-state index < -0.39 is 6.29 Å². The SMILES string of the molecule is C=CC1=CC(OC(C)O)C(OCC)C=C1. The summed E-state index contributed by atoms with van der Waals surface area (Å²) in [6, 6.07) is 0. The zero-order valence-corrected chi connectivity index (χ0v) is 9.22. The zero-order valence-electron chi connectivity index (χ0n) is 9.22. The summed E-state index contributed by atoms with van der Waals surface area (Å²) in [6.07, 6.45) is 6.34. The van der Waals surface area contributed by atoms with Crippen LogP contribution in [0, 0.1) is 0 Å². The second-order valence-electron chi connectivity index (χ2n) is 3.35. The van der Waals surface area contributed by atoms with E-state index in [9.17, 15) is 5.11 Å². The van der Waals surface area contributed by atoms with Gasteiger partial charge in [0.2, 0.25) is 0 Å². The van der Waals surface area contributed by atoms with Gasteiger partial charge in [-0.2, -0.15) is 0 Å². The van der Waals surface area contributed by atoms with E-state index in [4.69, 9.17) is 9.47 Å². The molecule has 0 bridgehead atoms. The van der Waals surface area contributed by atoms with Crippen molar-refractivity contribution in [3.63, 3.8) is 0 Å². The van der Waals surface area contributed by atoms with Crippen LogP contribution in [0.2, 0.25) is 0 Å². The summed E-state index contributed by atoms with van der Waals surface area (Å²) in [4.78, 5) is 0. The number of hydrogen-bond acceptors (Lipinski definition) is 3. The van der Waals surface area contributed by atoms with E-state index in [0.717, 1.165) is 5.57 Å². The van der Waals surface area contributed by atoms with Crippen LogP contribution in [0.4, 0.5) is 0 Å². The van der Waals surface area contributed by atoms with Crippen molar-refractivity contribution in [2.24, 2.45) is 0 Å². The summed E-state index contributed by atoms with van der Waals surface area (Å²) in [5, 5.41) is 9.19. The van der Waals surface area contributed by atoms with Gasteiger partial charge in [-0.15, -0.1) is 0 Å². The van der Waals surface area contributed by atoms with E-state index >= 15 is 0 Å². The Labute approximate surface area is 90.7 Å². The molecule has 0 amide bonds. The molecule has 84 valence electrons. The maximum Gasteiger partial charge on any atom is 0.152 e. The average molecular weight is 210 g/mol. The molecular formula is C12H18O3. The summed E-state index contributed by atoms with van der Waals surface area (Å²) >= 11 is 0. The van der Waals surface area contributed by atoms with Gasteiger partial charge in [0.05, 0.1) is 0 Å². The molecule has 0 saturated heterocycles. The van der Waals surface area contributed by atoms with E-state index in [0.29, 0.717) is 6.61 Å². The quantitative estimate of drug-likeness (QED) is 0.703. The lowest BCUT2D eigenvalue weighted by molar-refractivity contribution is -0.140. The molecule has 0 fully saturated rings. The smallest absolute Gasteiger partial charge is 0.152 e. The van der Waals surface area contributed by atoms with Gasteiger partial charge in [-0.25, -0.2) is 0 Å². The van der Waals surface area contributed by atoms with Crippen molar-refractivity contribution < 1.29 is 14.6 Å². The molecule has 0 aromatic heterocycles. The van der Waals surface area contributed by atoms with E-state index in [1.807, 2.05) is 25.2 Å². The van der Waals surface area contributed by atoms with Crippen LogP contribution in [0.15, 0.2) is 36.5 Å². The van der Waals surface area contributed by atoms with E-state index in [1.54, 1.807) is 13.0 Å². The Morgan fingerprint density at radius 2 is 2.33 bits per heavy atom. The average Bonchev–Trinajstić information content (AvgIpc) is 2.20. The first-order valence-electron chi connectivity index (χ1n) is 5.15. The monoisotopic (exact) mass is 210 g/mol. The van der Waals surface area contributed by atoms with E-state index in [2.05, 4.69) is 6.58 Å². The first-order chi connectivity index (χ1) is 7.17. The minimum Gasteiger partial charge on any atom is -0.371 e. The number of allylic oxidation sites excluding steroid dienone is 3. The highest BCUT2D eigenvalue weighted by molar-refractivity contribution is 5.35. The Balaban J connectivity index is 2.70. The van der Waals surface area contributed by atoms with Gasteiger partial charge in [0, 0.05) is 6.61 Å². The van der Waals surface area contributed by atoms with Crippen LogP contribution < -0.4 is 0 Å². The van der Waals surface area contributed by atoms with Crippen molar-refractivity contribution in [3.8, 4) is 0 Å². The van der Waals surface area contributed by atoms with Gasteiger partial charge in [0.15, 0.2) is 6.29 Å². The van der Waals surface area contributed by atoms with Crippen LogP contribution >= 0.6 is 0 Å². The molecular weight excluding hydrogens is 192 g/mol. The molecule has 0 radical (unpaired) electrons. The number of hydrogen-bond donors (Lipinski definition) is 1. The molecule has 0 aromatic carbocycles. The fourth-order valence-electron chi connectivity index (χ4n) is 1.48. The maximum absolute atomic E-state index is 9.19. The summed E-state index contributed by atoms with van der Waals surface area (Å²) in [5.74, 6) is 0. The summed E-state index contributed by atoms with van der Waals surface area (Å²) in [6.45, 7) is 7.82. The fraction of sp³-hybridized carbons (Fsp3) is 0.500. The Morgan fingerprint density at radius 1 is 1.60 bits per heavy atom. The third kappa shape index (κ3) is 3.63. The highest BCUT2D eigenvalue weighted by Crippen LogP contribution is 2.18. The molecule has 3 heteroatoms. The molecule has 3 nitrogen and oxygen atoms in total. The molecule has 1 rings (SSSR count). The van der Waals surface area contributed by atoms with Crippen molar-refractivity contribution in [2.45, 2.75) is 32.3 Å². The fourth-order valence-corrected chi connectivity index (χ4v) is 1.48. The Kier molecular flexibility index (Phi) is 4.75. The predicted molar refractivity (Wildman–Crippen MR) is 59.4 cm³/mol. The highest BCUT2D eigenvalue weighted by Gasteiger charge is 2.22. The normalized spacial score (nSPS) is 27.3.